The molecule has 3 rings (SSSR count). The summed E-state index contributed by atoms with van der Waals surface area (Å²) in [6.45, 7) is 3.50. The molecule has 0 aliphatic heterocycles. The number of fused-ring (bicyclic) bond motifs is 1. The van der Waals surface area contributed by atoms with Crippen molar-refractivity contribution in [1.82, 2.24) is 5.32 Å². The van der Waals surface area contributed by atoms with Crippen LogP contribution >= 0.6 is 0 Å². The van der Waals surface area contributed by atoms with Crippen molar-refractivity contribution >= 4 is 16.9 Å². The summed E-state index contributed by atoms with van der Waals surface area (Å²) in [5.74, 6) is 0.116. The molecular weight excluding hydrogens is 346 g/mol. The number of ether oxygens (including phenoxy) is 1. The normalized spacial score (nSPS) is 12.0. The predicted octanol–water partition coefficient (Wildman–Crippen LogP) is 2.64. The van der Waals surface area contributed by atoms with Gasteiger partial charge in [0.1, 0.15) is 11.3 Å². The van der Waals surface area contributed by atoms with E-state index in [-0.39, 0.29) is 19.1 Å². The van der Waals surface area contributed by atoms with Gasteiger partial charge in [-0.1, -0.05) is 30.3 Å². The van der Waals surface area contributed by atoms with Gasteiger partial charge in [-0.3, -0.25) is 4.79 Å². The standard InChI is InChI=1S/C21H21NO5/c1-13-10-20(25)27-21-14(2)18(9-8-16(13)21)26-12-19(24)22-11-17(23)15-6-4-3-5-7-15/h3-10,17,23H,11-12H2,1-2H3,(H,22,24)/t17-/m1/s1. The highest BCUT2D eigenvalue weighted by molar-refractivity contribution is 5.85. The van der Waals surface area contributed by atoms with Gasteiger partial charge in [0.2, 0.25) is 0 Å². The summed E-state index contributed by atoms with van der Waals surface area (Å²) < 4.78 is 10.8. The number of hydrogen-bond donors (Lipinski definition) is 2. The van der Waals surface area contributed by atoms with E-state index in [2.05, 4.69) is 5.32 Å². The molecule has 6 nitrogen and oxygen atoms in total. The van der Waals surface area contributed by atoms with Crippen LogP contribution in [-0.4, -0.2) is 24.2 Å². The zero-order chi connectivity index (χ0) is 19.4. The SMILES string of the molecule is Cc1cc(=O)oc2c(C)c(OCC(=O)NC[C@@H](O)c3ccccc3)ccc12. The lowest BCUT2D eigenvalue weighted by Gasteiger charge is -2.14. The highest BCUT2D eigenvalue weighted by Gasteiger charge is 2.13. The van der Waals surface area contributed by atoms with Gasteiger partial charge in [0.05, 0.1) is 6.10 Å². The number of amides is 1. The average Bonchev–Trinajstić information content (AvgIpc) is 2.66. The first kappa shape index (κ1) is 18.7. The minimum absolute atomic E-state index is 0.0942. The Kier molecular flexibility index (Phi) is 5.57. The Hall–Kier alpha value is -3.12. The fourth-order valence-electron chi connectivity index (χ4n) is 2.85. The maximum Gasteiger partial charge on any atom is 0.336 e. The van der Waals surface area contributed by atoms with Crippen LogP contribution in [0.25, 0.3) is 11.0 Å². The first-order valence-electron chi connectivity index (χ1n) is 8.62. The van der Waals surface area contributed by atoms with E-state index in [1.807, 2.05) is 25.1 Å². The van der Waals surface area contributed by atoms with Gasteiger partial charge in [-0.2, -0.15) is 0 Å². The maximum atomic E-state index is 12.0. The third-order valence-corrected chi connectivity index (χ3v) is 4.35. The molecule has 2 aromatic carbocycles. The van der Waals surface area contributed by atoms with Crippen LogP contribution in [0.3, 0.4) is 0 Å². The molecule has 0 saturated carbocycles. The van der Waals surface area contributed by atoms with Crippen molar-refractivity contribution in [2.75, 3.05) is 13.2 Å². The number of aliphatic hydroxyl groups excluding tert-OH is 1. The molecule has 0 radical (unpaired) electrons. The smallest absolute Gasteiger partial charge is 0.336 e. The second kappa shape index (κ2) is 8.05. The summed E-state index contributed by atoms with van der Waals surface area (Å²) in [5, 5.41) is 13.5. The number of carbonyl (C=O) groups is 1. The molecule has 3 aromatic rings. The van der Waals surface area contributed by atoms with Crippen LogP contribution in [0.2, 0.25) is 0 Å². The van der Waals surface area contributed by atoms with Gasteiger partial charge in [0, 0.05) is 23.6 Å². The van der Waals surface area contributed by atoms with Crippen molar-refractivity contribution in [2.24, 2.45) is 0 Å². The van der Waals surface area contributed by atoms with Crippen molar-refractivity contribution in [1.29, 1.82) is 0 Å². The number of aliphatic hydroxyl groups is 1. The minimum atomic E-state index is -0.783. The first-order chi connectivity index (χ1) is 13.0. The Morgan fingerprint density at radius 1 is 1.19 bits per heavy atom. The molecule has 2 N–H and O–H groups in total. The van der Waals surface area contributed by atoms with Gasteiger partial charge in [0.15, 0.2) is 6.61 Å². The van der Waals surface area contributed by atoms with Crippen molar-refractivity contribution in [2.45, 2.75) is 20.0 Å². The van der Waals surface area contributed by atoms with Gasteiger partial charge in [0.25, 0.3) is 5.91 Å². The molecule has 0 bridgehead atoms. The highest BCUT2D eigenvalue weighted by Crippen LogP contribution is 2.28. The molecule has 0 aliphatic carbocycles. The number of carbonyl (C=O) groups excluding carboxylic acids is 1. The fourth-order valence-corrected chi connectivity index (χ4v) is 2.85. The zero-order valence-electron chi connectivity index (χ0n) is 15.2. The van der Waals surface area contributed by atoms with Crippen molar-refractivity contribution in [3.05, 3.63) is 75.6 Å². The van der Waals surface area contributed by atoms with Crippen LogP contribution in [0.15, 0.2) is 57.7 Å². The van der Waals surface area contributed by atoms with Crippen molar-refractivity contribution in [3.8, 4) is 5.75 Å². The molecule has 0 fully saturated rings. The summed E-state index contributed by atoms with van der Waals surface area (Å²) in [6, 6.07) is 14.1. The summed E-state index contributed by atoms with van der Waals surface area (Å²) in [6.07, 6.45) is -0.783. The second-order valence-electron chi connectivity index (χ2n) is 6.33. The monoisotopic (exact) mass is 367 g/mol. The van der Waals surface area contributed by atoms with E-state index >= 15 is 0 Å². The second-order valence-corrected chi connectivity index (χ2v) is 6.33. The largest absolute Gasteiger partial charge is 0.483 e. The van der Waals surface area contributed by atoms with Crippen LogP contribution in [0.5, 0.6) is 5.75 Å². The molecule has 0 unspecified atom stereocenters. The highest BCUT2D eigenvalue weighted by atomic mass is 16.5. The molecule has 0 aliphatic rings. The Balaban J connectivity index is 1.62. The lowest BCUT2D eigenvalue weighted by Crippen LogP contribution is -2.32. The quantitative estimate of drug-likeness (QED) is 0.654. The van der Waals surface area contributed by atoms with Crippen molar-refractivity contribution in [3.63, 3.8) is 0 Å². The molecule has 1 heterocycles. The van der Waals surface area contributed by atoms with E-state index in [4.69, 9.17) is 9.15 Å². The summed E-state index contributed by atoms with van der Waals surface area (Å²) in [5.41, 5.74) is 2.24. The third kappa shape index (κ3) is 4.35. The van der Waals surface area contributed by atoms with E-state index in [1.54, 1.807) is 31.2 Å². The Morgan fingerprint density at radius 2 is 1.93 bits per heavy atom. The van der Waals surface area contributed by atoms with Gasteiger partial charge in [-0.25, -0.2) is 4.79 Å². The Morgan fingerprint density at radius 3 is 2.67 bits per heavy atom. The van der Waals surface area contributed by atoms with Crippen LogP contribution in [0.4, 0.5) is 0 Å². The lowest BCUT2D eigenvalue weighted by atomic mass is 10.1. The molecule has 1 atom stereocenters. The van der Waals surface area contributed by atoms with Gasteiger partial charge >= 0.3 is 5.63 Å². The van der Waals surface area contributed by atoms with Crippen LogP contribution < -0.4 is 15.7 Å². The van der Waals surface area contributed by atoms with E-state index < -0.39 is 11.7 Å². The molecule has 1 aromatic heterocycles. The molecule has 27 heavy (non-hydrogen) atoms. The zero-order valence-corrected chi connectivity index (χ0v) is 15.2. The molecule has 6 heteroatoms. The number of hydrogen-bond acceptors (Lipinski definition) is 5. The maximum absolute atomic E-state index is 12.0. The number of benzene rings is 2. The first-order valence-corrected chi connectivity index (χ1v) is 8.62. The van der Waals surface area contributed by atoms with E-state index in [0.717, 1.165) is 16.5 Å². The molecular formula is C21H21NO5. The van der Waals surface area contributed by atoms with Crippen LogP contribution in [0, 0.1) is 13.8 Å². The summed E-state index contributed by atoms with van der Waals surface area (Å²) in [4.78, 5) is 23.6. The molecule has 0 saturated heterocycles. The topological polar surface area (TPSA) is 88.8 Å². The Labute approximate surface area is 156 Å². The van der Waals surface area contributed by atoms with Gasteiger partial charge in [-0.15, -0.1) is 0 Å². The summed E-state index contributed by atoms with van der Waals surface area (Å²) in [7, 11) is 0. The Bertz CT molecular complexity index is 1010. The molecule has 1 amide bonds. The predicted molar refractivity (Wildman–Crippen MR) is 102 cm³/mol. The summed E-state index contributed by atoms with van der Waals surface area (Å²) >= 11 is 0. The van der Waals surface area contributed by atoms with Gasteiger partial charge < -0.3 is 19.6 Å². The van der Waals surface area contributed by atoms with E-state index in [0.29, 0.717) is 16.9 Å². The lowest BCUT2D eigenvalue weighted by molar-refractivity contribution is -0.123. The average molecular weight is 367 g/mol. The number of aryl methyl sites for hydroxylation is 2. The number of rotatable bonds is 6. The van der Waals surface area contributed by atoms with E-state index in [9.17, 15) is 14.7 Å². The molecule has 140 valence electrons. The number of nitrogens with one attached hydrogen (secondary N) is 1. The van der Waals surface area contributed by atoms with Gasteiger partial charge in [-0.05, 0) is 37.1 Å². The van der Waals surface area contributed by atoms with Crippen LogP contribution in [0.1, 0.15) is 22.8 Å². The van der Waals surface area contributed by atoms with Crippen molar-refractivity contribution < 1.29 is 19.1 Å². The fraction of sp³-hybridized carbons (Fsp3) is 0.238. The van der Waals surface area contributed by atoms with E-state index in [1.165, 1.54) is 6.07 Å². The molecule has 0 spiro atoms. The third-order valence-electron chi connectivity index (χ3n) is 4.35. The van der Waals surface area contributed by atoms with Crippen LogP contribution in [-0.2, 0) is 4.79 Å². The minimum Gasteiger partial charge on any atom is -0.483 e.